The first-order valence-electron chi connectivity index (χ1n) is 6.78. The highest BCUT2D eigenvalue weighted by molar-refractivity contribution is 5.95. The number of methoxy groups -OCH3 is 2. The van der Waals surface area contributed by atoms with Gasteiger partial charge in [0.2, 0.25) is 5.91 Å². The van der Waals surface area contributed by atoms with Gasteiger partial charge in [-0.1, -0.05) is 0 Å². The molecule has 0 aliphatic carbocycles. The van der Waals surface area contributed by atoms with E-state index in [9.17, 15) is 9.59 Å². The van der Waals surface area contributed by atoms with Crippen LogP contribution in [0.5, 0.6) is 11.5 Å². The van der Waals surface area contributed by atoms with Gasteiger partial charge in [-0.2, -0.15) is 0 Å². The lowest BCUT2D eigenvalue weighted by Crippen LogP contribution is -2.30. The lowest BCUT2D eigenvalue weighted by molar-refractivity contribution is -0.126. The molecule has 1 aliphatic heterocycles. The van der Waals surface area contributed by atoms with Crippen LogP contribution in [-0.4, -0.2) is 51.1 Å². The summed E-state index contributed by atoms with van der Waals surface area (Å²) in [5.41, 5.74) is 0.476. The summed E-state index contributed by atoms with van der Waals surface area (Å²) in [7, 11) is 4.85. The molecular formula is C15H20N2O4. The molecular weight excluding hydrogens is 272 g/mol. The molecule has 2 amide bonds. The maximum Gasteiger partial charge on any atom is 0.251 e. The summed E-state index contributed by atoms with van der Waals surface area (Å²) in [4.78, 5) is 25.3. The molecule has 1 aromatic carbocycles. The van der Waals surface area contributed by atoms with Crippen molar-refractivity contribution in [2.45, 2.75) is 6.42 Å². The van der Waals surface area contributed by atoms with Gasteiger partial charge in [0.1, 0.15) is 11.5 Å². The fourth-order valence-electron chi connectivity index (χ4n) is 2.37. The Morgan fingerprint density at radius 1 is 1.29 bits per heavy atom. The number of likely N-dealkylation sites (tertiary alicyclic amines) is 1. The quantitative estimate of drug-likeness (QED) is 0.876. The van der Waals surface area contributed by atoms with Gasteiger partial charge in [0.25, 0.3) is 5.91 Å². The maximum absolute atomic E-state index is 12.2. The molecule has 1 saturated heterocycles. The van der Waals surface area contributed by atoms with Gasteiger partial charge in [-0.3, -0.25) is 9.59 Å². The number of hydrogen-bond acceptors (Lipinski definition) is 4. The zero-order valence-corrected chi connectivity index (χ0v) is 12.5. The highest BCUT2D eigenvalue weighted by Crippen LogP contribution is 2.22. The number of carbonyl (C=O) groups is 2. The van der Waals surface area contributed by atoms with Gasteiger partial charge in [-0.05, 0) is 12.1 Å². The van der Waals surface area contributed by atoms with Crippen molar-refractivity contribution in [1.29, 1.82) is 0 Å². The van der Waals surface area contributed by atoms with Crippen LogP contribution in [0.4, 0.5) is 0 Å². The Hall–Kier alpha value is -2.24. The third kappa shape index (κ3) is 3.65. The number of nitrogens with zero attached hydrogens (tertiary/aromatic N) is 1. The Kier molecular flexibility index (Phi) is 4.67. The minimum absolute atomic E-state index is 0.122. The van der Waals surface area contributed by atoms with Gasteiger partial charge in [-0.25, -0.2) is 0 Å². The molecule has 21 heavy (non-hydrogen) atoms. The maximum atomic E-state index is 12.2. The van der Waals surface area contributed by atoms with Crippen LogP contribution in [0.2, 0.25) is 0 Å². The van der Waals surface area contributed by atoms with E-state index in [1.807, 2.05) is 0 Å². The van der Waals surface area contributed by atoms with Crippen LogP contribution >= 0.6 is 0 Å². The van der Waals surface area contributed by atoms with Crippen molar-refractivity contribution in [2.75, 3.05) is 34.4 Å². The molecule has 1 unspecified atom stereocenters. The molecule has 0 aromatic heterocycles. The number of rotatable bonds is 5. The van der Waals surface area contributed by atoms with Gasteiger partial charge in [0, 0.05) is 44.1 Å². The summed E-state index contributed by atoms with van der Waals surface area (Å²) in [6.45, 7) is 1.16. The van der Waals surface area contributed by atoms with E-state index in [0.717, 1.165) is 0 Å². The summed E-state index contributed by atoms with van der Waals surface area (Å²) in [5.74, 6) is 1.22. The smallest absolute Gasteiger partial charge is 0.251 e. The van der Waals surface area contributed by atoms with Crippen molar-refractivity contribution in [1.82, 2.24) is 10.2 Å². The molecule has 6 nitrogen and oxygen atoms in total. The van der Waals surface area contributed by atoms with E-state index in [2.05, 4.69) is 5.32 Å². The molecule has 1 N–H and O–H groups in total. The van der Waals surface area contributed by atoms with Crippen LogP contribution in [0, 0.1) is 5.92 Å². The molecule has 114 valence electrons. The Bertz CT molecular complexity index is 522. The van der Waals surface area contributed by atoms with Crippen LogP contribution in [-0.2, 0) is 4.79 Å². The highest BCUT2D eigenvalue weighted by Gasteiger charge is 2.26. The first-order chi connectivity index (χ1) is 10.0. The van der Waals surface area contributed by atoms with E-state index < -0.39 is 0 Å². The van der Waals surface area contributed by atoms with Crippen molar-refractivity contribution in [3.05, 3.63) is 23.8 Å². The molecule has 1 aromatic rings. The average Bonchev–Trinajstić information content (AvgIpc) is 2.82. The summed E-state index contributed by atoms with van der Waals surface area (Å²) in [6.07, 6.45) is 0.484. The monoisotopic (exact) mass is 292 g/mol. The Morgan fingerprint density at radius 2 is 1.90 bits per heavy atom. The van der Waals surface area contributed by atoms with Crippen LogP contribution in [0.1, 0.15) is 16.8 Å². The number of hydrogen-bond donors (Lipinski definition) is 1. The fourth-order valence-corrected chi connectivity index (χ4v) is 2.37. The lowest BCUT2D eigenvalue weighted by Gasteiger charge is -2.12. The first kappa shape index (κ1) is 15.2. The summed E-state index contributed by atoms with van der Waals surface area (Å²) < 4.78 is 10.3. The van der Waals surface area contributed by atoms with Crippen LogP contribution in [0.3, 0.4) is 0 Å². The van der Waals surface area contributed by atoms with E-state index in [-0.39, 0.29) is 17.7 Å². The fraction of sp³-hybridized carbons (Fsp3) is 0.467. The minimum Gasteiger partial charge on any atom is -0.497 e. The largest absolute Gasteiger partial charge is 0.497 e. The number of nitrogens with one attached hydrogen (secondary N) is 1. The molecule has 6 heteroatoms. The van der Waals surface area contributed by atoms with Gasteiger partial charge < -0.3 is 19.7 Å². The molecule has 1 heterocycles. The second-order valence-corrected chi connectivity index (χ2v) is 5.16. The standard InChI is InChI=1S/C15H20N2O4/c1-17-9-10(4-14(17)18)8-16-15(19)11-5-12(20-2)7-13(6-11)21-3/h5-7,10H,4,8-9H2,1-3H3,(H,16,19). The predicted molar refractivity (Wildman–Crippen MR) is 77.6 cm³/mol. The zero-order chi connectivity index (χ0) is 15.4. The number of ether oxygens (including phenoxy) is 2. The van der Waals surface area contributed by atoms with Crippen LogP contribution in [0.15, 0.2) is 18.2 Å². The highest BCUT2D eigenvalue weighted by atomic mass is 16.5. The second kappa shape index (κ2) is 6.47. The van der Waals surface area contributed by atoms with E-state index in [1.54, 1.807) is 30.1 Å². The van der Waals surface area contributed by atoms with E-state index in [1.165, 1.54) is 14.2 Å². The van der Waals surface area contributed by atoms with Crippen molar-refractivity contribution in [2.24, 2.45) is 5.92 Å². The van der Waals surface area contributed by atoms with E-state index in [0.29, 0.717) is 36.6 Å². The van der Waals surface area contributed by atoms with Crippen LogP contribution in [0.25, 0.3) is 0 Å². The molecule has 1 aliphatic rings. The SMILES string of the molecule is COc1cc(OC)cc(C(=O)NCC2CC(=O)N(C)C2)c1. The summed E-state index contributed by atoms with van der Waals surface area (Å²) in [6, 6.07) is 5.02. The Morgan fingerprint density at radius 3 is 2.38 bits per heavy atom. The van der Waals surface area contributed by atoms with E-state index >= 15 is 0 Å². The molecule has 0 saturated carbocycles. The van der Waals surface area contributed by atoms with Gasteiger partial charge in [0.05, 0.1) is 14.2 Å². The molecule has 1 fully saturated rings. The third-order valence-electron chi connectivity index (χ3n) is 3.59. The Balaban J connectivity index is 1.98. The lowest BCUT2D eigenvalue weighted by atomic mass is 10.1. The van der Waals surface area contributed by atoms with Gasteiger partial charge in [-0.15, -0.1) is 0 Å². The average molecular weight is 292 g/mol. The van der Waals surface area contributed by atoms with Crippen molar-refractivity contribution < 1.29 is 19.1 Å². The molecule has 1 atom stereocenters. The second-order valence-electron chi connectivity index (χ2n) is 5.16. The van der Waals surface area contributed by atoms with Crippen molar-refractivity contribution >= 4 is 11.8 Å². The number of amides is 2. The Labute approximate surface area is 124 Å². The predicted octanol–water partition coefficient (Wildman–Crippen LogP) is 0.912. The molecule has 2 rings (SSSR count). The third-order valence-corrected chi connectivity index (χ3v) is 3.59. The molecule has 0 bridgehead atoms. The molecule has 0 radical (unpaired) electrons. The van der Waals surface area contributed by atoms with Crippen LogP contribution < -0.4 is 14.8 Å². The normalized spacial score (nSPS) is 17.8. The molecule has 0 spiro atoms. The summed E-state index contributed by atoms with van der Waals surface area (Å²) in [5, 5.41) is 2.86. The summed E-state index contributed by atoms with van der Waals surface area (Å²) >= 11 is 0. The minimum atomic E-state index is -0.200. The number of carbonyl (C=O) groups excluding carboxylic acids is 2. The van der Waals surface area contributed by atoms with Gasteiger partial charge >= 0.3 is 0 Å². The van der Waals surface area contributed by atoms with Crippen molar-refractivity contribution in [3.63, 3.8) is 0 Å². The van der Waals surface area contributed by atoms with Gasteiger partial charge in [0.15, 0.2) is 0 Å². The first-order valence-corrected chi connectivity index (χ1v) is 6.78. The number of benzene rings is 1. The van der Waals surface area contributed by atoms with Crippen molar-refractivity contribution in [3.8, 4) is 11.5 Å². The zero-order valence-electron chi connectivity index (χ0n) is 12.5. The topological polar surface area (TPSA) is 67.9 Å². The van der Waals surface area contributed by atoms with E-state index in [4.69, 9.17) is 9.47 Å².